The molecule has 1 amide bonds. The Hall–Kier alpha value is -2.48. The Kier molecular flexibility index (Phi) is 8.55. The molecule has 0 saturated carbocycles. The lowest BCUT2D eigenvalue weighted by molar-refractivity contribution is -0.140. The Labute approximate surface area is 147 Å². The van der Waals surface area contributed by atoms with Gasteiger partial charge in [-0.3, -0.25) is 9.59 Å². The van der Waals surface area contributed by atoms with Crippen molar-refractivity contribution in [2.75, 3.05) is 48.1 Å². The number of esters is 1. The minimum atomic E-state index is -0.410. The van der Waals surface area contributed by atoms with Crippen molar-refractivity contribution >= 4 is 11.9 Å². The van der Waals surface area contributed by atoms with E-state index in [1.165, 1.54) is 33.3 Å². The molecule has 25 heavy (non-hydrogen) atoms. The molecule has 0 aromatic heterocycles. The summed E-state index contributed by atoms with van der Waals surface area (Å²) in [6, 6.07) is 3.10. The quantitative estimate of drug-likeness (QED) is 0.628. The zero-order chi connectivity index (χ0) is 18.8. The van der Waals surface area contributed by atoms with Crippen LogP contribution in [0.25, 0.3) is 0 Å². The number of aliphatic hydroxyl groups is 1. The number of carbonyl (C=O) groups is 2. The van der Waals surface area contributed by atoms with Crippen LogP contribution in [-0.4, -0.2) is 70.0 Å². The normalized spacial score (nSPS) is 10.1. The molecular formula is C17H25NO7. The van der Waals surface area contributed by atoms with Gasteiger partial charge in [0.1, 0.15) is 0 Å². The van der Waals surface area contributed by atoms with Crippen LogP contribution in [-0.2, 0) is 9.53 Å². The number of hydrogen-bond donors (Lipinski definition) is 1. The number of benzene rings is 1. The van der Waals surface area contributed by atoms with Gasteiger partial charge < -0.3 is 29.0 Å². The summed E-state index contributed by atoms with van der Waals surface area (Å²) in [5.74, 6) is 0.391. The van der Waals surface area contributed by atoms with Crippen LogP contribution in [0.15, 0.2) is 12.1 Å². The molecule has 0 aliphatic rings. The van der Waals surface area contributed by atoms with Gasteiger partial charge in [-0.25, -0.2) is 0 Å². The van der Waals surface area contributed by atoms with Crippen molar-refractivity contribution in [1.29, 1.82) is 0 Å². The van der Waals surface area contributed by atoms with Gasteiger partial charge in [-0.1, -0.05) is 0 Å². The predicted molar refractivity (Wildman–Crippen MR) is 90.3 cm³/mol. The molecule has 8 heteroatoms. The van der Waals surface area contributed by atoms with Crippen LogP contribution in [0.4, 0.5) is 0 Å². The average Bonchev–Trinajstić information content (AvgIpc) is 2.65. The maximum Gasteiger partial charge on any atom is 0.307 e. The first-order valence-electron chi connectivity index (χ1n) is 7.79. The Balaban J connectivity index is 3.11. The van der Waals surface area contributed by atoms with Crippen molar-refractivity contribution in [1.82, 2.24) is 4.90 Å². The van der Waals surface area contributed by atoms with E-state index in [4.69, 9.17) is 19.3 Å². The highest BCUT2D eigenvalue weighted by atomic mass is 16.5. The van der Waals surface area contributed by atoms with Crippen molar-refractivity contribution in [2.24, 2.45) is 0 Å². The van der Waals surface area contributed by atoms with Gasteiger partial charge in [0.2, 0.25) is 5.75 Å². The van der Waals surface area contributed by atoms with Gasteiger partial charge in [0.15, 0.2) is 11.5 Å². The van der Waals surface area contributed by atoms with E-state index in [0.717, 1.165) is 0 Å². The number of methoxy groups -OCH3 is 4. The lowest BCUT2D eigenvalue weighted by Crippen LogP contribution is -2.34. The van der Waals surface area contributed by atoms with E-state index in [1.807, 2.05) is 0 Å². The molecule has 8 nitrogen and oxygen atoms in total. The van der Waals surface area contributed by atoms with Crippen molar-refractivity contribution in [3.63, 3.8) is 0 Å². The van der Waals surface area contributed by atoms with Crippen molar-refractivity contribution in [3.8, 4) is 17.2 Å². The molecule has 0 atom stereocenters. The monoisotopic (exact) mass is 355 g/mol. The zero-order valence-corrected chi connectivity index (χ0v) is 15.0. The van der Waals surface area contributed by atoms with Crippen LogP contribution in [0.1, 0.15) is 23.2 Å². The zero-order valence-electron chi connectivity index (χ0n) is 15.0. The van der Waals surface area contributed by atoms with Crippen LogP contribution >= 0.6 is 0 Å². The Bertz CT molecular complexity index is 563. The highest BCUT2D eigenvalue weighted by Gasteiger charge is 2.21. The number of aliphatic hydroxyl groups excluding tert-OH is 1. The standard InChI is InChI=1S/C17H25NO7/c1-22-13-10-12(11-14(23-2)16(13)25-4)17(21)18(7-5-9-19)8-6-15(20)24-3/h10-11,19H,5-9H2,1-4H3. The fourth-order valence-electron chi connectivity index (χ4n) is 2.29. The number of ether oxygens (including phenoxy) is 4. The first-order valence-corrected chi connectivity index (χ1v) is 7.79. The lowest BCUT2D eigenvalue weighted by atomic mass is 10.1. The van der Waals surface area contributed by atoms with Crippen LogP contribution < -0.4 is 14.2 Å². The second-order valence-corrected chi connectivity index (χ2v) is 5.11. The SMILES string of the molecule is COC(=O)CCN(CCCO)C(=O)c1cc(OC)c(OC)c(OC)c1. The maximum absolute atomic E-state index is 12.8. The van der Waals surface area contributed by atoms with Gasteiger partial charge in [0.05, 0.1) is 34.9 Å². The molecule has 1 N–H and O–H groups in total. The molecule has 0 radical (unpaired) electrons. The van der Waals surface area contributed by atoms with Crippen LogP contribution in [0.3, 0.4) is 0 Å². The summed E-state index contributed by atoms with van der Waals surface area (Å²) in [4.78, 5) is 25.7. The van der Waals surface area contributed by atoms with E-state index >= 15 is 0 Å². The summed E-state index contributed by atoms with van der Waals surface area (Å²) < 4.78 is 20.4. The molecule has 0 saturated heterocycles. The summed E-state index contributed by atoms with van der Waals surface area (Å²) in [5, 5.41) is 9.04. The molecule has 0 unspecified atom stereocenters. The maximum atomic E-state index is 12.8. The third-order valence-corrected chi connectivity index (χ3v) is 3.60. The minimum absolute atomic E-state index is 0.0583. The summed E-state index contributed by atoms with van der Waals surface area (Å²) in [6.45, 7) is 0.433. The smallest absolute Gasteiger partial charge is 0.307 e. The summed E-state index contributed by atoms with van der Waals surface area (Å²) in [5.41, 5.74) is 0.331. The van der Waals surface area contributed by atoms with E-state index in [9.17, 15) is 9.59 Å². The molecule has 1 aromatic carbocycles. The fraction of sp³-hybridized carbons (Fsp3) is 0.529. The first-order chi connectivity index (χ1) is 12.0. The van der Waals surface area contributed by atoms with E-state index < -0.39 is 5.97 Å². The third-order valence-electron chi connectivity index (χ3n) is 3.60. The van der Waals surface area contributed by atoms with Crippen LogP contribution in [0, 0.1) is 0 Å². The number of carbonyl (C=O) groups excluding carboxylic acids is 2. The Morgan fingerprint density at radius 3 is 2.04 bits per heavy atom. The molecule has 0 aliphatic heterocycles. The Morgan fingerprint density at radius 2 is 1.60 bits per heavy atom. The lowest BCUT2D eigenvalue weighted by Gasteiger charge is -2.23. The van der Waals surface area contributed by atoms with Gasteiger partial charge in [-0.2, -0.15) is 0 Å². The highest BCUT2D eigenvalue weighted by molar-refractivity contribution is 5.95. The number of amides is 1. The van der Waals surface area contributed by atoms with E-state index in [1.54, 1.807) is 12.1 Å². The number of rotatable bonds is 10. The van der Waals surface area contributed by atoms with E-state index in [0.29, 0.717) is 35.8 Å². The average molecular weight is 355 g/mol. The number of hydrogen-bond acceptors (Lipinski definition) is 7. The van der Waals surface area contributed by atoms with Gasteiger partial charge >= 0.3 is 5.97 Å². The molecule has 0 bridgehead atoms. The van der Waals surface area contributed by atoms with Crippen molar-refractivity contribution < 1.29 is 33.6 Å². The molecule has 1 aromatic rings. The van der Waals surface area contributed by atoms with Gasteiger partial charge in [-0.15, -0.1) is 0 Å². The molecule has 1 rings (SSSR count). The van der Waals surface area contributed by atoms with Crippen molar-refractivity contribution in [3.05, 3.63) is 17.7 Å². The van der Waals surface area contributed by atoms with Crippen LogP contribution in [0.2, 0.25) is 0 Å². The van der Waals surface area contributed by atoms with E-state index in [-0.39, 0.29) is 25.5 Å². The second-order valence-electron chi connectivity index (χ2n) is 5.11. The minimum Gasteiger partial charge on any atom is -0.493 e. The molecule has 140 valence electrons. The van der Waals surface area contributed by atoms with Crippen LogP contribution in [0.5, 0.6) is 17.2 Å². The molecule has 0 heterocycles. The molecular weight excluding hydrogens is 330 g/mol. The summed E-state index contributed by atoms with van der Waals surface area (Å²) in [7, 11) is 5.70. The number of nitrogens with zero attached hydrogens (tertiary/aromatic N) is 1. The first kappa shape index (κ1) is 20.6. The topological polar surface area (TPSA) is 94.5 Å². The van der Waals surface area contributed by atoms with Gasteiger partial charge in [-0.05, 0) is 18.6 Å². The highest BCUT2D eigenvalue weighted by Crippen LogP contribution is 2.38. The fourth-order valence-corrected chi connectivity index (χ4v) is 2.29. The summed E-state index contributed by atoms with van der Waals surface area (Å²) in [6.07, 6.45) is 0.468. The van der Waals surface area contributed by atoms with Gasteiger partial charge in [0, 0.05) is 25.3 Å². The van der Waals surface area contributed by atoms with Crippen molar-refractivity contribution in [2.45, 2.75) is 12.8 Å². The largest absolute Gasteiger partial charge is 0.493 e. The summed E-state index contributed by atoms with van der Waals surface area (Å²) >= 11 is 0. The predicted octanol–water partition coefficient (Wildman–Crippen LogP) is 1.10. The third kappa shape index (κ3) is 5.53. The molecule has 0 aliphatic carbocycles. The molecule has 0 fully saturated rings. The Morgan fingerprint density at radius 1 is 1.00 bits per heavy atom. The van der Waals surface area contributed by atoms with Gasteiger partial charge in [0.25, 0.3) is 5.91 Å². The van der Waals surface area contributed by atoms with E-state index in [2.05, 4.69) is 4.74 Å². The second kappa shape index (κ2) is 10.4. The molecule has 0 spiro atoms.